The minimum Gasteiger partial charge on any atom is -0.508 e. The second-order valence-corrected chi connectivity index (χ2v) is 18.3. The Morgan fingerprint density at radius 2 is 0.893 bits per heavy atom. The van der Waals surface area contributed by atoms with Gasteiger partial charge < -0.3 is 69.4 Å². The molecule has 0 bridgehead atoms. The van der Waals surface area contributed by atoms with Crippen molar-refractivity contribution >= 4 is 58.3 Å². The van der Waals surface area contributed by atoms with Gasteiger partial charge in [0.15, 0.2) is 0 Å². The van der Waals surface area contributed by atoms with Gasteiger partial charge in [-0.3, -0.25) is 33.6 Å². The molecule has 1 aromatic heterocycles. The summed E-state index contributed by atoms with van der Waals surface area (Å²) in [6.07, 6.45) is 2.28. The number of aromatic amines is 1. The lowest BCUT2D eigenvalue weighted by Gasteiger charge is -2.27. The number of carbonyl (C=O) groups is 8. The van der Waals surface area contributed by atoms with Crippen molar-refractivity contribution in [1.29, 1.82) is 0 Å². The lowest BCUT2D eigenvalue weighted by molar-refractivity contribution is -0.143. The first-order valence-corrected chi connectivity index (χ1v) is 24.9. The Morgan fingerprint density at radius 1 is 0.467 bits per heavy atom. The quantitative estimate of drug-likeness (QED) is 0.0278. The molecular weight excluding hydrogens is 965 g/mol. The second kappa shape index (κ2) is 29.5. The summed E-state index contributed by atoms with van der Waals surface area (Å²) in [6.45, 7) is 0.613. The molecule has 16 N–H and O–H groups in total. The largest absolute Gasteiger partial charge is 0.508 e. The zero-order chi connectivity index (χ0) is 54.3. The molecule has 75 heavy (non-hydrogen) atoms. The van der Waals surface area contributed by atoms with Gasteiger partial charge in [-0.2, -0.15) is 0 Å². The first-order chi connectivity index (χ1) is 36.0. The van der Waals surface area contributed by atoms with Crippen molar-refractivity contribution in [2.75, 3.05) is 13.1 Å². The number of hydrogen-bond donors (Lipinski definition) is 13. The maximum atomic E-state index is 14.8. The smallest absolute Gasteiger partial charge is 0.326 e. The third-order valence-electron chi connectivity index (χ3n) is 12.4. The number of rotatable bonds is 31. The molecule has 0 spiro atoms. The van der Waals surface area contributed by atoms with Crippen molar-refractivity contribution in [3.05, 3.63) is 138 Å². The van der Waals surface area contributed by atoms with Crippen LogP contribution >= 0.6 is 0 Å². The highest BCUT2D eigenvalue weighted by Crippen LogP contribution is 2.20. The first kappa shape index (κ1) is 57.8. The topological polar surface area (TPSA) is 363 Å². The SMILES string of the molecule is NCCCC[C@H](NC(=O)[C@H](CCCCN)NC(=O)[C@H](Cc1ccccc1)NC(=O)[C@H](Cc1c[nH]c2ccccc12)NC(=O)[C@H](CC(=O)O)NC(=O)[C@H](Cc1ccc(O)cc1)NC(=O)[C@@H](N)Cc1ccccc1)C(=O)O. The number of para-hydroxylation sites is 1. The molecule has 4 aromatic carbocycles. The number of phenols is 1. The van der Waals surface area contributed by atoms with Crippen LogP contribution in [0.2, 0.25) is 0 Å². The van der Waals surface area contributed by atoms with Gasteiger partial charge in [-0.05, 0) is 98.5 Å². The van der Waals surface area contributed by atoms with Gasteiger partial charge in [0.05, 0.1) is 12.5 Å². The minimum absolute atomic E-state index is 0.0593. The highest BCUT2D eigenvalue weighted by Gasteiger charge is 2.35. The lowest BCUT2D eigenvalue weighted by Crippen LogP contribution is -2.60. The van der Waals surface area contributed by atoms with Gasteiger partial charge in [-0.1, -0.05) is 91.0 Å². The molecule has 21 heteroatoms. The second-order valence-electron chi connectivity index (χ2n) is 18.3. The van der Waals surface area contributed by atoms with E-state index in [2.05, 4.69) is 36.9 Å². The number of unbranched alkanes of at least 4 members (excludes halogenated alkanes) is 2. The van der Waals surface area contributed by atoms with Crippen molar-refractivity contribution in [2.45, 2.75) is 113 Å². The summed E-state index contributed by atoms with van der Waals surface area (Å²) in [5.74, 6) is -8.07. The third kappa shape index (κ3) is 18.7. The van der Waals surface area contributed by atoms with Crippen LogP contribution in [-0.2, 0) is 64.0 Å². The number of carbonyl (C=O) groups excluding carboxylic acids is 6. The summed E-state index contributed by atoms with van der Waals surface area (Å²) in [5.41, 5.74) is 20.7. The van der Waals surface area contributed by atoms with Crippen molar-refractivity contribution in [3.8, 4) is 5.75 Å². The number of fused-ring (bicyclic) bond motifs is 1. The van der Waals surface area contributed by atoms with Gasteiger partial charge in [0, 0.05) is 36.4 Å². The number of H-pyrrole nitrogens is 1. The Hall–Kier alpha value is -8.14. The van der Waals surface area contributed by atoms with Crippen LogP contribution in [0, 0.1) is 0 Å². The van der Waals surface area contributed by atoms with E-state index in [-0.39, 0.29) is 50.8 Å². The van der Waals surface area contributed by atoms with E-state index in [0.29, 0.717) is 59.8 Å². The van der Waals surface area contributed by atoms with Crippen LogP contribution in [0.5, 0.6) is 5.75 Å². The van der Waals surface area contributed by atoms with Crippen LogP contribution < -0.4 is 49.1 Å². The minimum atomic E-state index is -1.83. The standard InChI is InChI=1S/C54H68N10O11/c55-25-11-9-19-41(49(69)60-42(54(74)75)20-10-12-26-56)59-50(70)44(28-34-15-5-2-6-16-34)62-52(72)45(30-36-32-58-40-18-8-7-17-38(36)40)63-53(73)46(31-47(66)67)64-51(71)43(29-35-21-23-37(65)24-22-35)61-48(68)39(57)27-33-13-3-1-4-14-33/h1-8,13-18,21-24,32,39,41-46,58,65H,9-12,19-20,25-31,55-57H2,(H,59,70)(H,60,69)(H,61,68)(H,62,72)(H,63,73)(H,64,71)(H,66,67)(H,74,75)/t39-,41-,42-,43-,44-,45-,46-/m0/s1. The summed E-state index contributed by atoms with van der Waals surface area (Å²) >= 11 is 0. The zero-order valence-electron chi connectivity index (χ0n) is 41.5. The summed E-state index contributed by atoms with van der Waals surface area (Å²) < 4.78 is 0. The van der Waals surface area contributed by atoms with E-state index in [1.54, 1.807) is 91.1 Å². The molecule has 0 aliphatic carbocycles. The first-order valence-electron chi connectivity index (χ1n) is 24.9. The molecule has 0 radical (unpaired) electrons. The van der Waals surface area contributed by atoms with Crippen LogP contribution in [0.15, 0.2) is 115 Å². The number of aromatic nitrogens is 1. The fourth-order valence-corrected chi connectivity index (χ4v) is 8.36. The van der Waals surface area contributed by atoms with Gasteiger partial charge in [0.2, 0.25) is 35.4 Å². The van der Waals surface area contributed by atoms with Gasteiger partial charge >= 0.3 is 11.9 Å². The number of nitrogens with two attached hydrogens (primary N) is 3. The van der Waals surface area contributed by atoms with E-state index < -0.39 is 96.1 Å². The van der Waals surface area contributed by atoms with Gasteiger partial charge in [-0.25, -0.2) is 4.79 Å². The number of nitrogens with one attached hydrogen (secondary N) is 7. The van der Waals surface area contributed by atoms with Gasteiger partial charge in [0.25, 0.3) is 0 Å². The van der Waals surface area contributed by atoms with Crippen LogP contribution in [0.4, 0.5) is 0 Å². The predicted molar refractivity (Wildman–Crippen MR) is 279 cm³/mol. The number of amides is 6. The molecule has 1 heterocycles. The fourth-order valence-electron chi connectivity index (χ4n) is 8.36. The Balaban J connectivity index is 1.44. The highest BCUT2D eigenvalue weighted by molar-refractivity contribution is 5.98. The number of carboxylic acid groups (broad SMARTS) is 2. The van der Waals surface area contributed by atoms with E-state index in [1.807, 2.05) is 0 Å². The molecule has 5 aromatic rings. The molecular formula is C54H68N10O11. The summed E-state index contributed by atoms with van der Waals surface area (Å²) in [7, 11) is 0. The molecule has 0 aliphatic heterocycles. The fraction of sp³-hybridized carbons (Fsp3) is 0.370. The Morgan fingerprint density at radius 3 is 1.44 bits per heavy atom. The lowest BCUT2D eigenvalue weighted by atomic mass is 10.0. The Bertz CT molecular complexity index is 2690. The van der Waals surface area contributed by atoms with Crippen LogP contribution in [-0.4, -0.2) is 123 Å². The molecule has 7 atom stereocenters. The maximum absolute atomic E-state index is 14.8. The normalized spacial score (nSPS) is 13.9. The predicted octanol–water partition coefficient (Wildman–Crippen LogP) is 1.20. The number of benzene rings is 4. The Labute approximate surface area is 434 Å². The Kier molecular flexibility index (Phi) is 22.7. The van der Waals surface area contributed by atoms with Crippen molar-refractivity contribution in [1.82, 2.24) is 36.9 Å². The van der Waals surface area contributed by atoms with Gasteiger partial charge in [0.1, 0.15) is 42.0 Å². The number of aliphatic carboxylic acids is 2. The van der Waals surface area contributed by atoms with E-state index in [9.17, 15) is 53.7 Å². The zero-order valence-corrected chi connectivity index (χ0v) is 41.5. The van der Waals surface area contributed by atoms with Crippen molar-refractivity contribution < 1.29 is 53.7 Å². The van der Waals surface area contributed by atoms with E-state index in [1.165, 1.54) is 24.3 Å². The average Bonchev–Trinajstić information content (AvgIpc) is 3.80. The average molecular weight is 1030 g/mol. The molecule has 0 unspecified atom stereocenters. The molecule has 6 amide bonds. The summed E-state index contributed by atoms with van der Waals surface area (Å²) in [4.78, 5) is 113. The van der Waals surface area contributed by atoms with Crippen molar-refractivity contribution in [3.63, 3.8) is 0 Å². The molecule has 0 aliphatic rings. The summed E-state index contributed by atoms with van der Waals surface area (Å²) in [5, 5.41) is 46.3. The number of aromatic hydroxyl groups is 1. The molecule has 0 fully saturated rings. The van der Waals surface area contributed by atoms with Crippen LogP contribution in [0.3, 0.4) is 0 Å². The van der Waals surface area contributed by atoms with Crippen LogP contribution in [0.1, 0.15) is 67.2 Å². The number of phenolic OH excluding ortho intramolecular Hbond substituents is 1. The molecule has 0 saturated heterocycles. The van der Waals surface area contributed by atoms with E-state index >= 15 is 0 Å². The number of hydrogen-bond acceptors (Lipinski definition) is 12. The van der Waals surface area contributed by atoms with Gasteiger partial charge in [-0.15, -0.1) is 0 Å². The third-order valence-corrected chi connectivity index (χ3v) is 12.4. The molecule has 400 valence electrons. The van der Waals surface area contributed by atoms with E-state index in [4.69, 9.17) is 17.2 Å². The summed E-state index contributed by atoms with van der Waals surface area (Å²) in [6, 6.07) is 20.7. The van der Waals surface area contributed by atoms with Crippen LogP contribution in [0.25, 0.3) is 10.9 Å². The van der Waals surface area contributed by atoms with Crippen molar-refractivity contribution in [2.24, 2.45) is 17.2 Å². The number of carboxylic acids is 2. The monoisotopic (exact) mass is 1030 g/mol. The van der Waals surface area contributed by atoms with E-state index in [0.717, 1.165) is 5.56 Å². The highest BCUT2D eigenvalue weighted by atomic mass is 16.4. The molecule has 0 saturated carbocycles. The maximum Gasteiger partial charge on any atom is 0.326 e. The molecule has 21 nitrogen and oxygen atoms in total. The molecule has 5 rings (SSSR count).